The minimum Gasteiger partial charge on any atom is -0.462 e. The highest BCUT2D eigenvalue weighted by Crippen LogP contribution is 2.39. The Bertz CT molecular complexity index is 725. The van der Waals surface area contributed by atoms with Gasteiger partial charge in [-0.15, -0.1) is 5.10 Å². The normalized spacial score (nSPS) is 11.4. The van der Waals surface area contributed by atoms with Crippen LogP contribution in [0.25, 0.3) is 11.3 Å². The monoisotopic (exact) mass is 324 g/mol. The molecule has 0 amide bonds. The molecule has 0 radical (unpaired) electrons. The number of alkyl halides is 3. The maximum atomic E-state index is 13.6. The number of carbonyl (C=O) groups is 1. The Morgan fingerprint density at radius 1 is 1.13 bits per heavy atom. The van der Waals surface area contributed by atoms with Crippen molar-refractivity contribution in [3.63, 3.8) is 0 Å². The van der Waals surface area contributed by atoms with Crippen LogP contribution in [0.3, 0.4) is 0 Å². The molecule has 1 aromatic carbocycles. The first kappa shape index (κ1) is 16.9. The number of ether oxygens (including phenoxy) is 1. The summed E-state index contributed by atoms with van der Waals surface area (Å²) in [6.45, 7) is 4.61. The third-order valence-corrected chi connectivity index (χ3v) is 3.24. The first-order chi connectivity index (χ1) is 10.8. The second-order valence-electron chi connectivity index (χ2n) is 4.97. The molecule has 0 aliphatic carbocycles. The fourth-order valence-corrected chi connectivity index (χ4v) is 2.17. The highest BCUT2D eigenvalue weighted by Gasteiger charge is 2.41. The van der Waals surface area contributed by atoms with Gasteiger partial charge in [-0.2, -0.15) is 18.3 Å². The lowest BCUT2D eigenvalue weighted by Gasteiger charge is -2.17. The fourth-order valence-electron chi connectivity index (χ4n) is 2.17. The van der Waals surface area contributed by atoms with E-state index in [2.05, 4.69) is 10.2 Å². The molecule has 2 rings (SSSR count). The molecule has 0 aliphatic rings. The van der Waals surface area contributed by atoms with E-state index in [1.165, 1.54) is 26.0 Å². The van der Waals surface area contributed by atoms with Crippen LogP contribution in [0, 0.1) is 13.8 Å². The molecule has 2 aromatic rings. The maximum Gasteiger partial charge on any atom is 0.419 e. The van der Waals surface area contributed by atoms with E-state index >= 15 is 0 Å². The molecule has 4 nitrogen and oxygen atoms in total. The van der Waals surface area contributed by atoms with Gasteiger partial charge in [-0.1, -0.05) is 29.8 Å². The highest BCUT2D eigenvalue weighted by atomic mass is 19.4. The van der Waals surface area contributed by atoms with Gasteiger partial charge in [-0.3, -0.25) is 0 Å². The summed E-state index contributed by atoms with van der Waals surface area (Å²) >= 11 is 0. The third kappa shape index (κ3) is 3.49. The number of carbonyl (C=O) groups excluding carboxylic acids is 1. The van der Waals surface area contributed by atoms with Crippen molar-refractivity contribution in [3.8, 4) is 11.3 Å². The third-order valence-electron chi connectivity index (χ3n) is 3.24. The van der Waals surface area contributed by atoms with Crippen LogP contribution in [0.5, 0.6) is 0 Å². The molecule has 0 N–H and O–H groups in total. The molecule has 1 heterocycles. The van der Waals surface area contributed by atoms with Crippen LogP contribution in [0.15, 0.2) is 24.3 Å². The molecule has 23 heavy (non-hydrogen) atoms. The van der Waals surface area contributed by atoms with E-state index in [9.17, 15) is 18.0 Å². The Morgan fingerprint density at radius 2 is 1.74 bits per heavy atom. The number of aromatic nitrogens is 2. The first-order valence-electron chi connectivity index (χ1n) is 6.94. The van der Waals surface area contributed by atoms with Crippen molar-refractivity contribution in [3.05, 3.63) is 46.6 Å². The zero-order chi connectivity index (χ0) is 17.2. The number of hydrogen-bond acceptors (Lipinski definition) is 4. The van der Waals surface area contributed by atoms with Gasteiger partial charge in [0.15, 0.2) is 0 Å². The summed E-state index contributed by atoms with van der Waals surface area (Å²) < 4.78 is 45.5. The van der Waals surface area contributed by atoms with Crippen LogP contribution in [0.1, 0.15) is 34.1 Å². The van der Waals surface area contributed by atoms with Gasteiger partial charge in [0.1, 0.15) is 11.3 Å². The first-order valence-corrected chi connectivity index (χ1v) is 6.94. The van der Waals surface area contributed by atoms with E-state index < -0.39 is 23.3 Å². The van der Waals surface area contributed by atoms with Gasteiger partial charge in [-0.25, -0.2) is 4.79 Å². The van der Waals surface area contributed by atoms with E-state index in [4.69, 9.17) is 4.74 Å². The molecule has 0 saturated carbocycles. The summed E-state index contributed by atoms with van der Waals surface area (Å²) in [5.74, 6) is -1.06. The van der Waals surface area contributed by atoms with Crippen molar-refractivity contribution >= 4 is 5.97 Å². The van der Waals surface area contributed by atoms with Gasteiger partial charge < -0.3 is 4.74 Å². The molecule has 0 unspecified atom stereocenters. The Labute approximate surface area is 131 Å². The number of aryl methyl sites for hydroxylation is 2. The van der Waals surface area contributed by atoms with Crippen molar-refractivity contribution in [1.29, 1.82) is 0 Å². The molecular weight excluding hydrogens is 309 g/mol. The topological polar surface area (TPSA) is 52.1 Å². The Balaban J connectivity index is 2.75. The molecule has 0 fully saturated rings. The van der Waals surface area contributed by atoms with E-state index in [1.54, 1.807) is 12.1 Å². The predicted octanol–water partition coefficient (Wildman–Crippen LogP) is 3.96. The van der Waals surface area contributed by atoms with Crippen molar-refractivity contribution in [2.45, 2.75) is 26.9 Å². The van der Waals surface area contributed by atoms with Crippen molar-refractivity contribution in [2.75, 3.05) is 6.61 Å². The lowest BCUT2D eigenvalue weighted by atomic mass is 9.99. The van der Waals surface area contributed by atoms with Crippen molar-refractivity contribution < 1.29 is 22.7 Å². The SMILES string of the molecule is CCOC(=O)c1c(C)nnc(-c2ccc(C)cc2)c1C(F)(F)F. The van der Waals surface area contributed by atoms with E-state index in [0.29, 0.717) is 0 Å². The van der Waals surface area contributed by atoms with Gasteiger partial charge >= 0.3 is 12.1 Å². The summed E-state index contributed by atoms with van der Waals surface area (Å²) in [6, 6.07) is 6.36. The molecule has 0 spiro atoms. The van der Waals surface area contributed by atoms with E-state index in [1.807, 2.05) is 6.92 Å². The molecule has 7 heteroatoms. The highest BCUT2D eigenvalue weighted by molar-refractivity contribution is 5.94. The number of hydrogen-bond donors (Lipinski definition) is 0. The summed E-state index contributed by atoms with van der Waals surface area (Å²) in [4.78, 5) is 12.0. The average Bonchev–Trinajstić information content (AvgIpc) is 2.47. The van der Waals surface area contributed by atoms with Gasteiger partial charge in [0.2, 0.25) is 0 Å². The van der Waals surface area contributed by atoms with Gasteiger partial charge in [0.05, 0.1) is 17.9 Å². The molecule has 1 aromatic heterocycles. The van der Waals surface area contributed by atoms with Gasteiger partial charge in [0.25, 0.3) is 0 Å². The zero-order valence-electron chi connectivity index (χ0n) is 12.9. The second kappa shape index (κ2) is 6.36. The van der Waals surface area contributed by atoms with Crippen LogP contribution in [-0.2, 0) is 10.9 Å². The number of esters is 1. The van der Waals surface area contributed by atoms with Crippen LogP contribution in [0.2, 0.25) is 0 Å². The summed E-state index contributed by atoms with van der Waals surface area (Å²) in [5, 5.41) is 7.37. The second-order valence-corrected chi connectivity index (χ2v) is 4.97. The maximum absolute atomic E-state index is 13.6. The molecule has 0 bridgehead atoms. The predicted molar refractivity (Wildman–Crippen MR) is 77.9 cm³/mol. The molecule has 0 saturated heterocycles. The van der Waals surface area contributed by atoms with Crippen molar-refractivity contribution in [1.82, 2.24) is 10.2 Å². The zero-order valence-corrected chi connectivity index (χ0v) is 12.9. The number of benzene rings is 1. The summed E-state index contributed by atoms with van der Waals surface area (Å²) in [6.07, 6.45) is -4.76. The van der Waals surface area contributed by atoms with Gasteiger partial charge in [0, 0.05) is 5.56 Å². The summed E-state index contributed by atoms with van der Waals surface area (Å²) in [5.41, 5.74) is -1.08. The number of rotatable bonds is 3. The standard InChI is InChI=1S/C16H15F3N2O2/c1-4-23-15(22)12-10(3)20-21-14(13(12)16(17,18)19)11-7-5-9(2)6-8-11/h5-8H,4H2,1-3H3. The molecule has 0 aliphatic heterocycles. The fraction of sp³-hybridized carbons (Fsp3) is 0.312. The lowest BCUT2D eigenvalue weighted by Crippen LogP contribution is -2.20. The average molecular weight is 324 g/mol. The van der Waals surface area contributed by atoms with Crippen LogP contribution >= 0.6 is 0 Å². The Hall–Kier alpha value is -2.44. The molecule has 0 atom stereocenters. The quantitative estimate of drug-likeness (QED) is 0.802. The largest absolute Gasteiger partial charge is 0.462 e. The smallest absolute Gasteiger partial charge is 0.419 e. The number of nitrogens with zero attached hydrogens (tertiary/aromatic N) is 2. The van der Waals surface area contributed by atoms with Crippen LogP contribution < -0.4 is 0 Å². The minimum absolute atomic E-state index is 0.0300. The Kier molecular flexibility index (Phi) is 4.68. The molecular formula is C16H15F3N2O2. The van der Waals surface area contributed by atoms with Crippen molar-refractivity contribution in [2.24, 2.45) is 0 Å². The molecule has 122 valence electrons. The summed E-state index contributed by atoms with van der Waals surface area (Å²) in [7, 11) is 0. The lowest BCUT2D eigenvalue weighted by molar-refractivity contribution is -0.138. The van der Waals surface area contributed by atoms with Crippen LogP contribution in [0.4, 0.5) is 13.2 Å². The minimum atomic E-state index is -4.76. The van der Waals surface area contributed by atoms with Gasteiger partial charge in [-0.05, 0) is 20.8 Å². The van der Waals surface area contributed by atoms with E-state index in [0.717, 1.165) is 5.56 Å². The number of halogens is 3. The Morgan fingerprint density at radius 3 is 2.26 bits per heavy atom. The van der Waals surface area contributed by atoms with Crippen LogP contribution in [-0.4, -0.2) is 22.8 Å². The van der Waals surface area contributed by atoms with E-state index in [-0.39, 0.29) is 23.6 Å².